The molecule has 2 heterocycles. The Balaban J connectivity index is 1.29. The monoisotopic (exact) mass is 487 g/mol. The number of amides is 1. The number of rotatable bonds is 8. The van der Waals surface area contributed by atoms with Crippen molar-refractivity contribution in [3.05, 3.63) is 63.8 Å². The summed E-state index contributed by atoms with van der Waals surface area (Å²) in [6.07, 6.45) is 2.33. The molecule has 0 atom stereocenters. The average molecular weight is 488 g/mol. The molecule has 0 aliphatic carbocycles. The summed E-state index contributed by atoms with van der Waals surface area (Å²) in [4.78, 5) is 24.8. The lowest BCUT2D eigenvalue weighted by Crippen LogP contribution is -2.42. The van der Waals surface area contributed by atoms with Gasteiger partial charge in [-0.1, -0.05) is 41.7 Å². The number of carbonyl (C=O) groups is 1. The Bertz CT molecular complexity index is 1270. The van der Waals surface area contributed by atoms with Crippen molar-refractivity contribution in [2.75, 3.05) is 24.2 Å². The van der Waals surface area contributed by atoms with Crippen LogP contribution in [0, 0.1) is 5.92 Å². The van der Waals surface area contributed by atoms with Gasteiger partial charge in [0.15, 0.2) is 0 Å². The van der Waals surface area contributed by atoms with Gasteiger partial charge in [0.25, 0.3) is 0 Å². The van der Waals surface area contributed by atoms with Crippen molar-refractivity contribution in [2.45, 2.75) is 39.2 Å². The van der Waals surface area contributed by atoms with Crippen LogP contribution >= 0.6 is 11.3 Å². The van der Waals surface area contributed by atoms with Crippen LogP contribution in [-0.4, -0.2) is 42.0 Å². The third-order valence-electron chi connectivity index (χ3n) is 6.18. The van der Waals surface area contributed by atoms with Crippen molar-refractivity contribution in [3.8, 4) is 0 Å². The predicted molar refractivity (Wildman–Crippen MR) is 133 cm³/mol. The number of fused-ring (bicyclic) bond motifs is 1. The number of aromatic nitrogens is 1. The summed E-state index contributed by atoms with van der Waals surface area (Å²) in [5.74, 6) is -0.202. The van der Waals surface area contributed by atoms with Gasteiger partial charge in [0, 0.05) is 31.2 Å². The second kappa shape index (κ2) is 10.2. The highest BCUT2D eigenvalue weighted by Crippen LogP contribution is 2.25. The maximum Gasteiger partial charge on any atom is 0.308 e. The molecule has 176 valence electrons. The zero-order chi connectivity index (χ0) is 23.4. The van der Waals surface area contributed by atoms with Gasteiger partial charge in [-0.15, -0.1) is 0 Å². The van der Waals surface area contributed by atoms with Gasteiger partial charge in [-0.2, -0.15) is 0 Å². The molecular formula is C24H29N3O4S2. The van der Waals surface area contributed by atoms with Crippen LogP contribution in [0.1, 0.15) is 31.7 Å². The minimum atomic E-state index is -3.32. The highest BCUT2D eigenvalue weighted by Gasteiger charge is 2.30. The van der Waals surface area contributed by atoms with Crippen molar-refractivity contribution in [2.24, 2.45) is 5.92 Å². The molecule has 1 aliphatic heterocycles. The first-order valence-electron chi connectivity index (χ1n) is 11.3. The summed E-state index contributed by atoms with van der Waals surface area (Å²) in [6.45, 7) is 3.27. The standard InChI is InChI=1S/C24H29N3O4S2/c1-2-27-21-11-10-20(17-22(21)32-24(27)29)25-23(28)19-12-14-26(15-13-19)33(30,31)16-6-9-18-7-4-3-5-8-18/h3-5,7-8,10-11,17,19H,2,6,9,12-16H2,1H3,(H,25,28). The number of carbonyl (C=O) groups excluding carboxylic acids is 1. The van der Waals surface area contributed by atoms with Crippen molar-refractivity contribution in [1.82, 2.24) is 8.87 Å². The number of aryl methyl sites for hydroxylation is 2. The van der Waals surface area contributed by atoms with Gasteiger partial charge in [0.2, 0.25) is 15.9 Å². The molecule has 4 rings (SSSR count). The first kappa shape index (κ1) is 23.7. The Labute approximate surface area is 198 Å². The van der Waals surface area contributed by atoms with Crippen LogP contribution < -0.4 is 10.2 Å². The molecule has 0 saturated carbocycles. The number of hydrogen-bond donors (Lipinski definition) is 1. The number of piperidine rings is 1. The van der Waals surface area contributed by atoms with E-state index >= 15 is 0 Å². The van der Waals surface area contributed by atoms with Gasteiger partial charge in [-0.3, -0.25) is 14.2 Å². The minimum Gasteiger partial charge on any atom is -0.326 e. The fourth-order valence-electron chi connectivity index (χ4n) is 4.32. The van der Waals surface area contributed by atoms with Crippen molar-refractivity contribution in [1.29, 1.82) is 0 Å². The highest BCUT2D eigenvalue weighted by atomic mass is 32.2. The van der Waals surface area contributed by atoms with Crippen molar-refractivity contribution in [3.63, 3.8) is 0 Å². The maximum atomic E-state index is 12.8. The second-order valence-corrected chi connectivity index (χ2v) is 11.4. The molecule has 1 aromatic heterocycles. The van der Waals surface area contributed by atoms with E-state index in [1.54, 1.807) is 4.57 Å². The molecule has 0 radical (unpaired) electrons. The van der Waals surface area contributed by atoms with Crippen LogP contribution in [0.5, 0.6) is 0 Å². The van der Waals surface area contributed by atoms with Gasteiger partial charge in [0.05, 0.1) is 16.0 Å². The lowest BCUT2D eigenvalue weighted by atomic mass is 9.97. The van der Waals surface area contributed by atoms with Crippen LogP contribution in [0.4, 0.5) is 5.69 Å². The Morgan fingerprint density at radius 1 is 1.12 bits per heavy atom. The molecule has 1 amide bonds. The topological polar surface area (TPSA) is 88.5 Å². The van der Waals surface area contributed by atoms with Crippen LogP contribution in [0.15, 0.2) is 53.3 Å². The smallest absolute Gasteiger partial charge is 0.308 e. The van der Waals surface area contributed by atoms with E-state index in [4.69, 9.17) is 0 Å². The second-order valence-electron chi connectivity index (χ2n) is 8.36. The third-order valence-corrected chi connectivity index (χ3v) is 9.08. The van der Waals surface area contributed by atoms with Gasteiger partial charge < -0.3 is 5.32 Å². The summed E-state index contributed by atoms with van der Waals surface area (Å²) in [5, 5.41) is 2.95. The lowest BCUT2D eigenvalue weighted by Gasteiger charge is -2.30. The molecule has 3 aromatic rings. The van der Waals surface area contributed by atoms with E-state index in [2.05, 4.69) is 5.32 Å². The first-order chi connectivity index (χ1) is 15.9. The van der Waals surface area contributed by atoms with Gasteiger partial charge in [-0.05, 0) is 56.4 Å². The summed E-state index contributed by atoms with van der Waals surface area (Å²) in [6, 6.07) is 15.4. The Morgan fingerprint density at radius 3 is 2.55 bits per heavy atom. The number of nitrogens with one attached hydrogen (secondary N) is 1. The number of hydrogen-bond acceptors (Lipinski definition) is 5. The van der Waals surface area contributed by atoms with Gasteiger partial charge in [0.1, 0.15) is 0 Å². The van der Waals surface area contributed by atoms with Crippen molar-refractivity contribution >= 4 is 43.2 Å². The van der Waals surface area contributed by atoms with E-state index in [-0.39, 0.29) is 22.5 Å². The molecule has 0 unspecified atom stereocenters. The van der Waals surface area contributed by atoms with Crippen molar-refractivity contribution < 1.29 is 13.2 Å². The molecule has 1 saturated heterocycles. The summed E-state index contributed by atoms with van der Waals surface area (Å²) in [5.41, 5.74) is 2.67. The third kappa shape index (κ3) is 5.54. The van der Waals surface area contributed by atoms with E-state index in [0.717, 1.165) is 22.2 Å². The van der Waals surface area contributed by atoms with Crippen LogP contribution in [0.3, 0.4) is 0 Å². The van der Waals surface area contributed by atoms with E-state index in [9.17, 15) is 18.0 Å². The maximum absolute atomic E-state index is 12.8. The van der Waals surface area contributed by atoms with E-state index < -0.39 is 10.0 Å². The predicted octanol–water partition coefficient (Wildman–Crippen LogP) is 3.70. The number of benzene rings is 2. The van der Waals surface area contributed by atoms with Gasteiger partial charge in [-0.25, -0.2) is 12.7 Å². The fourth-order valence-corrected chi connectivity index (χ4v) is 6.85. The van der Waals surface area contributed by atoms with E-state index in [0.29, 0.717) is 44.6 Å². The normalized spacial score (nSPS) is 15.7. The molecule has 1 N–H and O–H groups in total. The van der Waals surface area contributed by atoms with E-state index in [1.165, 1.54) is 15.6 Å². The summed E-state index contributed by atoms with van der Waals surface area (Å²) < 4.78 is 29.5. The molecular weight excluding hydrogens is 458 g/mol. The zero-order valence-corrected chi connectivity index (χ0v) is 20.3. The molecule has 1 aliphatic rings. The molecule has 0 bridgehead atoms. The van der Waals surface area contributed by atoms with Crippen LogP contribution in [0.2, 0.25) is 0 Å². The molecule has 33 heavy (non-hydrogen) atoms. The number of sulfonamides is 1. The Kier molecular flexibility index (Phi) is 7.31. The zero-order valence-electron chi connectivity index (χ0n) is 18.7. The molecule has 1 fully saturated rings. The molecule has 9 heteroatoms. The number of thiazole rings is 1. The lowest BCUT2D eigenvalue weighted by molar-refractivity contribution is -0.120. The summed E-state index contributed by atoms with van der Waals surface area (Å²) >= 11 is 1.17. The number of anilines is 1. The minimum absolute atomic E-state index is 0.00618. The summed E-state index contributed by atoms with van der Waals surface area (Å²) in [7, 11) is -3.32. The average Bonchev–Trinajstić information content (AvgIpc) is 3.13. The Hall–Kier alpha value is -2.49. The molecule has 7 nitrogen and oxygen atoms in total. The first-order valence-corrected chi connectivity index (χ1v) is 13.8. The number of nitrogens with zero attached hydrogens (tertiary/aromatic N) is 2. The fraction of sp³-hybridized carbons (Fsp3) is 0.417. The van der Waals surface area contributed by atoms with E-state index in [1.807, 2.05) is 55.5 Å². The SMILES string of the molecule is CCn1c(=O)sc2cc(NC(=O)C3CCN(S(=O)(=O)CCCc4ccccc4)CC3)ccc21. The highest BCUT2D eigenvalue weighted by molar-refractivity contribution is 7.89. The van der Waals surface area contributed by atoms with Gasteiger partial charge >= 0.3 is 4.87 Å². The van der Waals surface area contributed by atoms with Crippen LogP contribution in [-0.2, 0) is 27.8 Å². The Morgan fingerprint density at radius 2 is 1.85 bits per heavy atom. The largest absolute Gasteiger partial charge is 0.326 e. The molecule has 0 spiro atoms. The molecule has 2 aromatic carbocycles. The van der Waals surface area contributed by atoms with Crippen LogP contribution in [0.25, 0.3) is 10.2 Å². The quantitative estimate of drug-likeness (QED) is 0.525.